The van der Waals surface area contributed by atoms with E-state index in [9.17, 15) is 14.3 Å². The first-order chi connectivity index (χ1) is 11.5. The summed E-state index contributed by atoms with van der Waals surface area (Å²) in [5.41, 5.74) is 0.732. The first-order valence-corrected chi connectivity index (χ1v) is 9.11. The van der Waals surface area contributed by atoms with Crippen molar-refractivity contribution in [3.63, 3.8) is 0 Å². The normalized spacial score (nSPS) is 17.5. The van der Waals surface area contributed by atoms with Crippen LogP contribution in [0, 0.1) is 5.82 Å². The fourth-order valence-electron chi connectivity index (χ4n) is 2.36. The molecule has 0 aliphatic carbocycles. The fraction of sp³-hybridized carbons (Fsp3) is 0.133. The third-order valence-corrected chi connectivity index (χ3v) is 5.14. The van der Waals surface area contributed by atoms with Crippen molar-refractivity contribution >= 4 is 50.7 Å². The molecule has 1 aromatic heterocycles. The number of allylic oxidation sites excluding steroid dienone is 1. The number of aliphatic carboxylic acids is 1. The average Bonchev–Trinajstić information content (AvgIpc) is 3.10. The van der Waals surface area contributed by atoms with Gasteiger partial charge in [0.05, 0.1) is 10.6 Å². The third kappa shape index (κ3) is 3.09. The van der Waals surface area contributed by atoms with Crippen LogP contribution in [0.2, 0.25) is 5.02 Å². The van der Waals surface area contributed by atoms with Crippen LogP contribution in [0.25, 0.3) is 0 Å². The van der Waals surface area contributed by atoms with Gasteiger partial charge in [-0.05, 0) is 6.07 Å². The number of rotatable bonds is 4. The number of carboxylic acids is 1. The minimum Gasteiger partial charge on any atom is -0.478 e. The first-order valence-electron chi connectivity index (χ1n) is 6.73. The molecule has 0 amide bonds. The summed E-state index contributed by atoms with van der Waals surface area (Å²) in [6.45, 7) is 0. The Kier molecular flexibility index (Phi) is 4.98. The maximum Gasteiger partial charge on any atom is 0.335 e. The number of nitrogens with one attached hydrogen (secondary N) is 1. The van der Waals surface area contributed by atoms with Crippen LogP contribution in [0.3, 0.4) is 0 Å². The van der Waals surface area contributed by atoms with Crippen LogP contribution in [-0.4, -0.2) is 27.2 Å². The number of amidine groups is 1. The molecule has 1 atom stereocenters. The molecule has 2 heterocycles. The summed E-state index contributed by atoms with van der Waals surface area (Å²) >= 11 is 10.7. The van der Waals surface area contributed by atoms with E-state index >= 15 is 0 Å². The molecule has 0 bridgehead atoms. The highest BCUT2D eigenvalue weighted by molar-refractivity contribution is 9.09. The second-order valence-corrected chi connectivity index (χ2v) is 6.65. The fourth-order valence-corrected chi connectivity index (χ4v) is 3.62. The molecule has 2 aromatic rings. The summed E-state index contributed by atoms with van der Waals surface area (Å²) in [6, 6.07) is 3.33. The predicted molar refractivity (Wildman–Crippen MR) is 94.4 cm³/mol. The summed E-state index contributed by atoms with van der Waals surface area (Å²) in [6.07, 6.45) is 1.62. The van der Waals surface area contributed by atoms with Crippen molar-refractivity contribution in [1.82, 2.24) is 10.3 Å². The van der Waals surface area contributed by atoms with Gasteiger partial charge in [-0.3, -0.25) is 4.99 Å². The van der Waals surface area contributed by atoms with Gasteiger partial charge in [0.15, 0.2) is 10.8 Å². The number of thiazole rings is 1. The molecule has 5 nitrogen and oxygen atoms in total. The van der Waals surface area contributed by atoms with Gasteiger partial charge < -0.3 is 10.4 Å². The van der Waals surface area contributed by atoms with Gasteiger partial charge in [0.2, 0.25) is 0 Å². The number of alkyl halides is 1. The number of aromatic nitrogens is 1. The molecule has 0 saturated heterocycles. The Morgan fingerprint density at radius 2 is 2.29 bits per heavy atom. The van der Waals surface area contributed by atoms with Gasteiger partial charge in [0.1, 0.15) is 11.9 Å². The maximum atomic E-state index is 13.8. The quantitative estimate of drug-likeness (QED) is 0.724. The summed E-state index contributed by atoms with van der Waals surface area (Å²) in [7, 11) is 0. The molecule has 0 fully saturated rings. The second kappa shape index (κ2) is 7.00. The van der Waals surface area contributed by atoms with Gasteiger partial charge in [0.25, 0.3) is 0 Å². The van der Waals surface area contributed by atoms with E-state index in [1.54, 1.807) is 17.6 Å². The molecule has 2 N–H and O–H groups in total. The Morgan fingerprint density at radius 1 is 1.50 bits per heavy atom. The van der Waals surface area contributed by atoms with Crippen molar-refractivity contribution in [1.29, 1.82) is 0 Å². The van der Waals surface area contributed by atoms with E-state index in [-0.39, 0.29) is 15.9 Å². The van der Waals surface area contributed by atoms with E-state index in [0.717, 1.165) is 0 Å². The number of hydrogen-bond donors (Lipinski definition) is 2. The molecule has 0 saturated carbocycles. The third-order valence-electron chi connectivity index (χ3n) is 3.40. The van der Waals surface area contributed by atoms with Crippen molar-refractivity contribution in [3.8, 4) is 0 Å². The number of hydrogen-bond acceptors (Lipinski definition) is 5. The lowest BCUT2D eigenvalue weighted by atomic mass is 9.96. The molecular weight excluding hydrogens is 421 g/mol. The number of halogens is 3. The zero-order chi connectivity index (χ0) is 17.3. The number of carboxylic acid groups (broad SMARTS) is 1. The minimum atomic E-state index is -1.15. The minimum absolute atomic E-state index is 0.0136. The Labute approximate surface area is 154 Å². The van der Waals surface area contributed by atoms with Crippen molar-refractivity contribution in [2.45, 2.75) is 6.04 Å². The Morgan fingerprint density at radius 3 is 2.92 bits per heavy atom. The van der Waals surface area contributed by atoms with Crippen LogP contribution in [0.4, 0.5) is 4.39 Å². The molecule has 1 aliphatic heterocycles. The Bertz CT molecular complexity index is 854. The van der Waals surface area contributed by atoms with E-state index in [1.165, 1.54) is 23.5 Å². The first kappa shape index (κ1) is 17.1. The van der Waals surface area contributed by atoms with Crippen molar-refractivity contribution in [3.05, 3.63) is 62.5 Å². The summed E-state index contributed by atoms with van der Waals surface area (Å²) in [5, 5.41) is 15.1. The molecule has 3 rings (SSSR count). The predicted octanol–water partition coefficient (Wildman–Crippen LogP) is 3.76. The van der Waals surface area contributed by atoms with E-state index < -0.39 is 17.8 Å². The highest BCUT2D eigenvalue weighted by Gasteiger charge is 2.32. The largest absolute Gasteiger partial charge is 0.478 e. The molecule has 124 valence electrons. The molecule has 1 aromatic carbocycles. The standard InChI is InChI=1S/C15H10BrClFN3O2S/c16-6-9-10(15(22)23)12(7-2-1-3-8(18)11(7)17)21-13(20-9)14-19-4-5-24-14/h1-5,12H,6H2,(H,20,21)(H,22,23)/t12-/m0/s1. The molecule has 0 spiro atoms. The molecule has 24 heavy (non-hydrogen) atoms. The smallest absolute Gasteiger partial charge is 0.335 e. The second-order valence-electron chi connectivity index (χ2n) is 4.82. The van der Waals surface area contributed by atoms with Crippen LogP contribution in [0.15, 0.2) is 46.0 Å². The van der Waals surface area contributed by atoms with Crippen LogP contribution in [0.1, 0.15) is 16.6 Å². The van der Waals surface area contributed by atoms with Crippen molar-refractivity contribution in [2.75, 3.05) is 5.33 Å². The topological polar surface area (TPSA) is 74.6 Å². The van der Waals surface area contributed by atoms with Gasteiger partial charge in [0, 0.05) is 28.2 Å². The van der Waals surface area contributed by atoms with E-state index in [4.69, 9.17) is 11.6 Å². The van der Waals surface area contributed by atoms with Gasteiger partial charge >= 0.3 is 5.97 Å². The van der Waals surface area contributed by atoms with Gasteiger partial charge in [-0.25, -0.2) is 14.2 Å². The van der Waals surface area contributed by atoms with Gasteiger partial charge in [-0.15, -0.1) is 11.3 Å². The van der Waals surface area contributed by atoms with Crippen LogP contribution in [0.5, 0.6) is 0 Å². The highest BCUT2D eigenvalue weighted by Crippen LogP contribution is 2.36. The van der Waals surface area contributed by atoms with Gasteiger partial charge in [-0.1, -0.05) is 39.7 Å². The van der Waals surface area contributed by atoms with Gasteiger partial charge in [-0.2, -0.15) is 0 Å². The Balaban J connectivity index is 2.19. The molecule has 0 radical (unpaired) electrons. The molecule has 0 unspecified atom stereocenters. The van der Waals surface area contributed by atoms with Crippen LogP contribution < -0.4 is 5.32 Å². The van der Waals surface area contributed by atoms with Crippen molar-refractivity contribution < 1.29 is 14.3 Å². The summed E-state index contributed by atoms with van der Waals surface area (Å²) < 4.78 is 13.8. The monoisotopic (exact) mass is 429 g/mol. The lowest BCUT2D eigenvalue weighted by molar-refractivity contribution is -0.133. The highest BCUT2D eigenvalue weighted by atomic mass is 79.9. The number of carbonyl (C=O) groups is 1. The molecular formula is C15H10BrClFN3O2S. The number of benzene rings is 1. The summed E-state index contributed by atoms with van der Waals surface area (Å²) in [4.78, 5) is 20.4. The molecule has 1 aliphatic rings. The molecule has 9 heteroatoms. The Hall–Kier alpha value is -1.77. The summed E-state index contributed by atoms with van der Waals surface area (Å²) in [5.74, 6) is -1.34. The van der Waals surface area contributed by atoms with E-state index in [2.05, 4.69) is 31.2 Å². The lowest BCUT2D eigenvalue weighted by Crippen LogP contribution is -2.34. The average molecular weight is 431 g/mol. The van der Waals surface area contributed by atoms with E-state index in [0.29, 0.717) is 22.1 Å². The van der Waals surface area contributed by atoms with Crippen LogP contribution >= 0.6 is 38.9 Å². The lowest BCUT2D eigenvalue weighted by Gasteiger charge is -2.25. The zero-order valence-corrected chi connectivity index (χ0v) is 15.1. The number of aliphatic imine (C=N–C) groups is 1. The van der Waals surface area contributed by atoms with Crippen molar-refractivity contribution in [2.24, 2.45) is 4.99 Å². The number of nitrogens with zero attached hydrogens (tertiary/aromatic N) is 2. The van der Waals surface area contributed by atoms with Crippen LogP contribution in [-0.2, 0) is 4.79 Å². The van der Waals surface area contributed by atoms with E-state index in [1.807, 2.05) is 0 Å². The SMILES string of the molecule is O=C(O)C1=C(CBr)NC(c2nccs2)=N[C@H]1c1cccc(F)c1Cl. The maximum absolute atomic E-state index is 13.8. The zero-order valence-electron chi connectivity index (χ0n) is 12.0.